The minimum atomic E-state index is -3.17. The van der Waals surface area contributed by atoms with Crippen LogP contribution in [0.1, 0.15) is 30.6 Å². The van der Waals surface area contributed by atoms with Gasteiger partial charge in [0.25, 0.3) is 12.3 Å². The van der Waals surface area contributed by atoms with E-state index in [1.54, 1.807) is 30.3 Å². The molecule has 1 amide bonds. The third-order valence-corrected chi connectivity index (χ3v) is 5.08. The summed E-state index contributed by atoms with van der Waals surface area (Å²) in [5, 5.41) is 15.4. The second kappa shape index (κ2) is 8.03. The molecule has 1 N–H and O–H groups in total. The van der Waals surface area contributed by atoms with Crippen LogP contribution in [0.5, 0.6) is 5.75 Å². The maximum Gasteiger partial charge on any atom is 0.287 e. The van der Waals surface area contributed by atoms with E-state index in [9.17, 15) is 18.7 Å². The van der Waals surface area contributed by atoms with Crippen molar-refractivity contribution in [1.82, 2.24) is 9.99 Å². The number of alkyl halides is 2. The Hall–Kier alpha value is -3.39. The zero-order valence-electron chi connectivity index (χ0n) is 17.0. The van der Waals surface area contributed by atoms with Crippen molar-refractivity contribution in [3.05, 3.63) is 60.2 Å². The number of benzene rings is 2. The van der Waals surface area contributed by atoms with E-state index in [4.69, 9.17) is 4.74 Å². The number of halogens is 2. The van der Waals surface area contributed by atoms with E-state index in [1.807, 2.05) is 25.1 Å². The van der Waals surface area contributed by atoms with Crippen LogP contribution in [-0.2, 0) is 0 Å². The second-order valence-corrected chi connectivity index (χ2v) is 7.34. The summed E-state index contributed by atoms with van der Waals surface area (Å²) in [5.74, 6) is -0.171. The Labute approximate surface area is 177 Å². The van der Waals surface area contributed by atoms with E-state index in [0.29, 0.717) is 39.5 Å². The van der Waals surface area contributed by atoms with Crippen LogP contribution in [0.2, 0.25) is 0 Å². The van der Waals surface area contributed by atoms with Crippen molar-refractivity contribution >= 4 is 22.5 Å². The number of pyridine rings is 1. The van der Waals surface area contributed by atoms with Crippen molar-refractivity contribution in [2.75, 3.05) is 6.61 Å². The SMILES string of the molecule is CCOc1cccc(-c2cc(C(=O)N3N=C(C)C[C@@]3(O)C(F)F)c3ccccc3n2)c1. The minimum absolute atomic E-state index is 0.125. The van der Waals surface area contributed by atoms with Gasteiger partial charge < -0.3 is 9.84 Å². The van der Waals surface area contributed by atoms with Crippen LogP contribution in [0.15, 0.2) is 59.7 Å². The number of hydrogen-bond donors (Lipinski definition) is 1. The number of amides is 1. The third kappa shape index (κ3) is 3.74. The van der Waals surface area contributed by atoms with Crippen LogP contribution < -0.4 is 4.74 Å². The first kappa shape index (κ1) is 20.9. The highest BCUT2D eigenvalue weighted by atomic mass is 19.3. The summed E-state index contributed by atoms with van der Waals surface area (Å²) < 4.78 is 32.9. The molecule has 0 spiro atoms. The van der Waals surface area contributed by atoms with Crippen LogP contribution in [0.3, 0.4) is 0 Å². The summed E-state index contributed by atoms with van der Waals surface area (Å²) >= 11 is 0. The fraction of sp³-hybridized carbons (Fsp3) is 0.261. The normalized spacial score (nSPS) is 18.5. The van der Waals surface area contributed by atoms with E-state index >= 15 is 0 Å². The van der Waals surface area contributed by atoms with Gasteiger partial charge in [-0.3, -0.25) is 4.79 Å². The van der Waals surface area contributed by atoms with Gasteiger partial charge in [0.2, 0.25) is 5.72 Å². The van der Waals surface area contributed by atoms with Crippen LogP contribution in [0.4, 0.5) is 8.78 Å². The number of para-hydroxylation sites is 1. The first-order valence-corrected chi connectivity index (χ1v) is 9.85. The summed E-state index contributed by atoms with van der Waals surface area (Å²) in [6.45, 7) is 3.87. The van der Waals surface area contributed by atoms with E-state index in [2.05, 4.69) is 10.1 Å². The molecule has 0 fully saturated rings. The van der Waals surface area contributed by atoms with Gasteiger partial charge in [-0.05, 0) is 38.1 Å². The summed E-state index contributed by atoms with van der Waals surface area (Å²) in [5.41, 5.74) is -0.606. The average Bonchev–Trinajstić information content (AvgIpc) is 3.08. The zero-order chi connectivity index (χ0) is 22.2. The van der Waals surface area contributed by atoms with Gasteiger partial charge in [0.15, 0.2) is 0 Å². The lowest BCUT2D eigenvalue weighted by Gasteiger charge is -2.30. The van der Waals surface area contributed by atoms with Crippen LogP contribution in [-0.4, -0.2) is 45.5 Å². The lowest BCUT2D eigenvalue weighted by Crippen LogP contribution is -2.51. The third-order valence-electron chi connectivity index (χ3n) is 5.08. The molecule has 0 unspecified atom stereocenters. The number of carbonyl (C=O) groups excluding carboxylic acids is 1. The molecule has 4 rings (SSSR count). The minimum Gasteiger partial charge on any atom is -0.494 e. The molecule has 1 aromatic heterocycles. The Morgan fingerprint density at radius 2 is 2.00 bits per heavy atom. The molecular formula is C23H21F2N3O3. The fourth-order valence-electron chi connectivity index (χ4n) is 3.66. The molecule has 160 valence electrons. The Morgan fingerprint density at radius 3 is 2.74 bits per heavy atom. The molecule has 1 aliphatic heterocycles. The molecule has 6 nitrogen and oxygen atoms in total. The molecule has 0 radical (unpaired) electrons. The summed E-state index contributed by atoms with van der Waals surface area (Å²) in [6.07, 6.45) is -3.59. The second-order valence-electron chi connectivity index (χ2n) is 7.34. The van der Waals surface area contributed by atoms with Crippen molar-refractivity contribution in [1.29, 1.82) is 0 Å². The quantitative estimate of drug-likeness (QED) is 0.654. The molecule has 0 bridgehead atoms. The molecule has 31 heavy (non-hydrogen) atoms. The van der Waals surface area contributed by atoms with Crippen molar-refractivity contribution < 1.29 is 23.4 Å². The molecule has 0 saturated carbocycles. The maximum absolute atomic E-state index is 13.7. The van der Waals surface area contributed by atoms with Gasteiger partial charge in [-0.15, -0.1) is 0 Å². The first-order chi connectivity index (χ1) is 14.8. The number of hydrogen-bond acceptors (Lipinski definition) is 5. The number of ether oxygens (including phenoxy) is 1. The van der Waals surface area contributed by atoms with Gasteiger partial charge in [-0.1, -0.05) is 30.3 Å². The Morgan fingerprint density at radius 1 is 1.23 bits per heavy atom. The lowest BCUT2D eigenvalue weighted by atomic mass is 10.0. The smallest absolute Gasteiger partial charge is 0.287 e. The van der Waals surface area contributed by atoms with Gasteiger partial charge in [0.1, 0.15) is 5.75 Å². The molecular weight excluding hydrogens is 404 g/mol. The van der Waals surface area contributed by atoms with Crippen LogP contribution in [0, 0.1) is 0 Å². The van der Waals surface area contributed by atoms with Crippen molar-refractivity contribution in [3.8, 4) is 17.0 Å². The van der Waals surface area contributed by atoms with E-state index in [1.165, 1.54) is 13.0 Å². The van der Waals surface area contributed by atoms with Gasteiger partial charge in [-0.2, -0.15) is 10.1 Å². The molecule has 2 aromatic carbocycles. The number of aromatic nitrogens is 1. The summed E-state index contributed by atoms with van der Waals surface area (Å²) in [4.78, 5) is 18.0. The highest BCUT2D eigenvalue weighted by Crippen LogP contribution is 2.35. The van der Waals surface area contributed by atoms with E-state index in [-0.39, 0.29) is 11.3 Å². The number of nitrogens with zero attached hydrogens (tertiary/aromatic N) is 3. The standard InChI is InChI=1S/C23H21F2N3O3/c1-3-31-16-8-6-7-15(11-16)20-12-18(17-9-4-5-10-19(17)26-20)21(29)28-23(30,22(24)25)13-14(2)27-28/h4-12,22,30H,3,13H2,1-2H3/t23-/m1/s1. The molecule has 0 aliphatic carbocycles. The number of rotatable bonds is 5. The maximum atomic E-state index is 13.7. The van der Waals surface area contributed by atoms with Crippen LogP contribution in [0.25, 0.3) is 22.2 Å². The van der Waals surface area contributed by atoms with E-state index in [0.717, 1.165) is 0 Å². The lowest BCUT2D eigenvalue weighted by molar-refractivity contribution is -0.164. The zero-order valence-corrected chi connectivity index (χ0v) is 17.0. The largest absolute Gasteiger partial charge is 0.494 e. The number of hydrazone groups is 1. The topological polar surface area (TPSA) is 75.0 Å². The van der Waals surface area contributed by atoms with Gasteiger partial charge in [-0.25, -0.2) is 13.8 Å². The number of aliphatic hydroxyl groups is 1. The van der Waals surface area contributed by atoms with Crippen molar-refractivity contribution in [3.63, 3.8) is 0 Å². The highest BCUT2D eigenvalue weighted by molar-refractivity contribution is 6.08. The Balaban J connectivity index is 1.86. The monoisotopic (exact) mass is 425 g/mol. The molecule has 8 heteroatoms. The number of carbonyl (C=O) groups is 1. The van der Waals surface area contributed by atoms with Crippen molar-refractivity contribution in [2.24, 2.45) is 5.10 Å². The average molecular weight is 425 g/mol. The molecule has 3 aromatic rings. The van der Waals surface area contributed by atoms with Crippen molar-refractivity contribution in [2.45, 2.75) is 32.4 Å². The van der Waals surface area contributed by atoms with Gasteiger partial charge >= 0.3 is 0 Å². The highest BCUT2D eigenvalue weighted by Gasteiger charge is 2.51. The Kier molecular flexibility index (Phi) is 5.41. The predicted octanol–water partition coefficient (Wildman–Crippen LogP) is 4.48. The predicted molar refractivity (Wildman–Crippen MR) is 113 cm³/mol. The molecule has 1 atom stereocenters. The summed E-state index contributed by atoms with van der Waals surface area (Å²) in [6, 6.07) is 15.7. The fourth-order valence-corrected chi connectivity index (χ4v) is 3.66. The Bertz CT molecular complexity index is 1180. The van der Waals surface area contributed by atoms with Gasteiger partial charge in [0, 0.05) is 23.1 Å². The summed E-state index contributed by atoms with van der Waals surface area (Å²) in [7, 11) is 0. The molecule has 1 aliphatic rings. The molecule has 2 heterocycles. The van der Waals surface area contributed by atoms with E-state index < -0.39 is 24.5 Å². The van der Waals surface area contributed by atoms with Gasteiger partial charge in [0.05, 0.1) is 23.4 Å². The number of fused-ring (bicyclic) bond motifs is 1. The molecule has 0 saturated heterocycles. The van der Waals surface area contributed by atoms with Crippen LogP contribution >= 0.6 is 0 Å². The first-order valence-electron chi connectivity index (χ1n) is 9.85.